The predicted molar refractivity (Wildman–Crippen MR) is 142 cm³/mol. The Balaban J connectivity index is 1.54. The molecule has 1 amide bonds. The molecule has 0 radical (unpaired) electrons. The topological polar surface area (TPSA) is 82.4 Å². The van der Waals surface area contributed by atoms with E-state index in [-0.39, 0.29) is 21.7 Å². The first kappa shape index (κ1) is 25.4. The van der Waals surface area contributed by atoms with Crippen LogP contribution in [0.4, 0.5) is 11.4 Å². The normalized spacial score (nSPS) is 18.5. The van der Waals surface area contributed by atoms with E-state index in [4.69, 9.17) is 38.0 Å². The number of aliphatic imine (C=N–C) groups is 1. The summed E-state index contributed by atoms with van der Waals surface area (Å²) in [5, 5.41) is 9.73. The molecule has 4 rings (SSSR count). The molecule has 0 aromatic heterocycles. The number of nitrogens with zero attached hydrogens (tertiary/aromatic N) is 3. The minimum atomic E-state index is -1.14. The Labute approximate surface area is 218 Å². The summed E-state index contributed by atoms with van der Waals surface area (Å²) in [6, 6.07) is 11.3. The molecule has 0 unspecified atom stereocenters. The van der Waals surface area contributed by atoms with Gasteiger partial charge in [0.15, 0.2) is 17.5 Å². The molecule has 2 aromatic rings. The molecule has 0 spiro atoms. The highest BCUT2D eigenvalue weighted by Crippen LogP contribution is 2.38. The molecular formula is C25H25Cl2N3O4S. The van der Waals surface area contributed by atoms with Crippen LogP contribution < -0.4 is 9.64 Å². The third kappa shape index (κ3) is 6.12. The number of carboxylic acid groups (broad SMARTS) is 1. The fourth-order valence-electron chi connectivity index (χ4n) is 3.96. The molecule has 2 fully saturated rings. The summed E-state index contributed by atoms with van der Waals surface area (Å²) in [4.78, 5) is 33.0. The number of carbonyl (C=O) groups excluding carboxylic acids is 1. The zero-order chi connectivity index (χ0) is 24.9. The van der Waals surface area contributed by atoms with Crippen molar-refractivity contribution in [3.8, 4) is 5.75 Å². The summed E-state index contributed by atoms with van der Waals surface area (Å²) in [5.74, 6) is -1.20. The summed E-state index contributed by atoms with van der Waals surface area (Å²) in [6.07, 6.45) is 5.42. The number of ether oxygens (including phenoxy) is 1. The van der Waals surface area contributed by atoms with Crippen LogP contribution in [0.15, 0.2) is 46.3 Å². The number of likely N-dealkylation sites (N-methyl/N-ethyl adjacent to an activating group) is 1. The number of carbonyl (C=O) groups is 2. The number of halogens is 2. The summed E-state index contributed by atoms with van der Waals surface area (Å²) < 4.78 is 5.15. The van der Waals surface area contributed by atoms with Crippen LogP contribution in [-0.4, -0.2) is 53.3 Å². The van der Waals surface area contributed by atoms with E-state index in [1.165, 1.54) is 36.7 Å². The van der Waals surface area contributed by atoms with Crippen molar-refractivity contribution in [3.05, 3.63) is 56.9 Å². The van der Waals surface area contributed by atoms with Gasteiger partial charge >= 0.3 is 5.97 Å². The average Bonchev–Trinajstić information content (AvgIpc) is 3.12. The van der Waals surface area contributed by atoms with E-state index in [9.17, 15) is 9.59 Å². The van der Waals surface area contributed by atoms with E-state index in [1.807, 2.05) is 19.1 Å². The number of anilines is 1. The van der Waals surface area contributed by atoms with Crippen LogP contribution in [-0.2, 0) is 9.59 Å². The molecule has 2 aliphatic heterocycles. The second kappa shape index (κ2) is 11.4. The second-order valence-electron chi connectivity index (χ2n) is 8.11. The van der Waals surface area contributed by atoms with Gasteiger partial charge in [-0.2, -0.15) is 0 Å². The van der Waals surface area contributed by atoms with Gasteiger partial charge in [0.1, 0.15) is 0 Å². The number of hydrogen-bond donors (Lipinski definition) is 1. The number of amidine groups is 1. The second-order valence-corrected chi connectivity index (χ2v) is 9.94. The Morgan fingerprint density at radius 3 is 2.40 bits per heavy atom. The fourth-order valence-corrected chi connectivity index (χ4v) is 5.63. The highest BCUT2D eigenvalue weighted by molar-refractivity contribution is 8.18. The summed E-state index contributed by atoms with van der Waals surface area (Å²) in [7, 11) is 0. The molecule has 2 aliphatic rings. The Morgan fingerprint density at radius 1 is 1.14 bits per heavy atom. The van der Waals surface area contributed by atoms with Gasteiger partial charge < -0.3 is 14.7 Å². The number of thioether (sulfide) groups is 1. The maximum absolute atomic E-state index is 13.0. The molecule has 0 saturated carbocycles. The molecule has 0 atom stereocenters. The summed E-state index contributed by atoms with van der Waals surface area (Å²) in [6.45, 7) is 3.99. The molecule has 0 bridgehead atoms. The maximum Gasteiger partial charge on any atom is 0.341 e. The van der Waals surface area contributed by atoms with Gasteiger partial charge in [-0.15, -0.1) is 0 Å². The quantitative estimate of drug-likeness (QED) is 0.434. The molecule has 2 aromatic carbocycles. The van der Waals surface area contributed by atoms with Gasteiger partial charge in [-0.25, -0.2) is 9.79 Å². The minimum absolute atomic E-state index is 0.0914. The van der Waals surface area contributed by atoms with E-state index in [2.05, 4.69) is 17.0 Å². The SMILES string of the molecule is CCN1C(=O)/C(=C/c2cc(Cl)c(OCC(=O)O)c(Cl)c2)SC1=Nc1ccc(N2CCCCC2)cc1. The standard InChI is InChI=1S/C25H25Cl2N3O4S/c1-2-30-24(33)21(14-16-12-19(26)23(20(27)13-16)34-15-22(31)32)35-25(30)28-17-6-8-18(9-7-17)29-10-4-3-5-11-29/h6-9,12-14H,2-5,10-11,15H2,1H3,(H,31,32)/b21-14-,28-25?. The first-order valence-corrected chi connectivity index (χ1v) is 12.9. The highest BCUT2D eigenvalue weighted by Gasteiger charge is 2.32. The van der Waals surface area contributed by atoms with Gasteiger partial charge in [0.05, 0.1) is 20.6 Å². The Bertz CT molecular complexity index is 1150. The van der Waals surface area contributed by atoms with Crippen molar-refractivity contribution < 1.29 is 19.4 Å². The first-order valence-electron chi connectivity index (χ1n) is 11.3. The van der Waals surface area contributed by atoms with Crippen molar-refractivity contribution in [1.82, 2.24) is 4.90 Å². The van der Waals surface area contributed by atoms with E-state index in [0.29, 0.717) is 22.2 Å². The van der Waals surface area contributed by atoms with Crippen LogP contribution >= 0.6 is 35.0 Å². The number of piperidine rings is 1. The number of aliphatic carboxylic acids is 1. The van der Waals surface area contributed by atoms with Gasteiger partial charge in [-0.1, -0.05) is 23.2 Å². The largest absolute Gasteiger partial charge is 0.479 e. The third-order valence-corrected chi connectivity index (χ3v) is 7.23. The Kier molecular flexibility index (Phi) is 8.26. The predicted octanol–water partition coefficient (Wildman–Crippen LogP) is 6.07. The molecule has 2 saturated heterocycles. The monoisotopic (exact) mass is 533 g/mol. The van der Waals surface area contributed by atoms with E-state index < -0.39 is 12.6 Å². The zero-order valence-electron chi connectivity index (χ0n) is 19.2. The van der Waals surface area contributed by atoms with Crippen molar-refractivity contribution >= 4 is 69.5 Å². The lowest BCUT2D eigenvalue weighted by Crippen LogP contribution is -2.29. The van der Waals surface area contributed by atoms with Crippen LogP contribution in [0.2, 0.25) is 10.0 Å². The smallest absolute Gasteiger partial charge is 0.341 e. The summed E-state index contributed by atoms with van der Waals surface area (Å²) >= 11 is 13.8. The average molecular weight is 534 g/mol. The van der Waals surface area contributed by atoms with Crippen LogP contribution in [0.3, 0.4) is 0 Å². The van der Waals surface area contributed by atoms with Crippen molar-refractivity contribution in [2.45, 2.75) is 26.2 Å². The lowest BCUT2D eigenvalue weighted by atomic mass is 10.1. The van der Waals surface area contributed by atoms with E-state index >= 15 is 0 Å². The molecule has 7 nitrogen and oxygen atoms in total. The Hall–Kier alpha value is -2.68. The van der Waals surface area contributed by atoms with Crippen LogP contribution in [0, 0.1) is 0 Å². The molecule has 184 valence electrons. The number of amides is 1. The van der Waals surface area contributed by atoms with Gasteiger partial charge in [-0.05, 0) is 86.0 Å². The van der Waals surface area contributed by atoms with Crippen molar-refractivity contribution in [2.24, 2.45) is 4.99 Å². The fraction of sp³-hybridized carbons (Fsp3) is 0.320. The molecular weight excluding hydrogens is 509 g/mol. The van der Waals surface area contributed by atoms with Gasteiger partial charge in [0.25, 0.3) is 5.91 Å². The van der Waals surface area contributed by atoms with Crippen molar-refractivity contribution in [2.75, 3.05) is 31.1 Å². The molecule has 1 N–H and O–H groups in total. The molecule has 35 heavy (non-hydrogen) atoms. The first-order chi connectivity index (χ1) is 16.9. The summed E-state index contributed by atoms with van der Waals surface area (Å²) in [5.41, 5.74) is 2.58. The van der Waals surface area contributed by atoms with E-state index in [0.717, 1.165) is 18.8 Å². The van der Waals surface area contributed by atoms with Crippen molar-refractivity contribution in [1.29, 1.82) is 0 Å². The molecule has 0 aliphatic carbocycles. The number of carboxylic acids is 1. The Morgan fingerprint density at radius 2 is 1.80 bits per heavy atom. The van der Waals surface area contributed by atoms with E-state index in [1.54, 1.807) is 23.1 Å². The van der Waals surface area contributed by atoms with Crippen LogP contribution in [0.1, 0.15) is 31.7 Å². The van der Waals surface area contributed by atoms with Crippen LogP contribution in [0.25, 0.3) is 6.08 Å². The third-order valence-electron chi connectivity index (χ3n) is 5.66. The van der Waals surface area contributed by atoms with Gasteiger partial charge in [0, 0.05) is 25.3 Å². The number of benzene rings is 2. The lowest BCUT2D eigenvalue weighted by Gasteiger charge is -2.28. The maximum atomic E-state index is 13.0. The van der Waals surface area contributed by atoms with Gasteiger partial charge in [0.2, 0.25) is 0 Å². The number of rotatable bonds is 7. The lowest BCUT2D eigenvalue weighted by molar-refractivity contribution is -0.139. The molecule has 2 heterocycles. The number of hydrogen-bond acceptors (Lipinski definition) is 6. The van der Waals surface area contributed by atoms with Crippen LogP contribution in [0.5, 0.6) is 5.75 Å². The van der Waals surface area contributed by atoms with Gasteiger partial charge in [-0.3, -0.25) is 9.69 Å². The van der Waals surface area contributed by atoms with Crippen molar-refractivity contribution in [3.63, 3.8) is 0 Å². The minimum Gasteiger partial charge on any atom is -0.479 e. The molecule has 10 heteroatoms. The zero-order valence-corrected chi connectivity index (χ0v) is 21.5. The highest BCUT2D eigenvalue weighted by atomic mass is 35.5.